The highest BCUT2D eigenvalue weighted by molar-refractivity contribution is 14.1. The fourth-order valence-electron chi connectivity index (χ4n) is 1.90. The van der Waals surface area contributed by atoms with E-state index in [4.69, 9.17) is 4.74 Å². The first-order valence-corrected chi connectivity index (χ1v) is 6.54. The standard InChI is InChI=1S/C12H16INO/c1-2-6-14-11-5-7-15-12-4-3-9(13)8-10(11)12/h3-4,8,11,14H,2,5-7H2,1H3. The molecule has 3 heteroatoms. The number of ether oxygens (including phenoxy) is 1. The van der Waals surface area contributed by atoms with Gasteiger partial charge in [-0.2, -0.15) is 0 Å². The van der Waals surface area contributed by atoms with Crippen LogP contribution < -0.4 is 10.1 Å². The number of nitrogens with one attached hydrogen (secondary N) is 1. The van der Waals surface area contributed by atoms with Crippen molar-refractivity contribution in [2.75, 3.05) is 13.2 Å². The van der Waals surface area contributed by atoms with Crippen molar-refractivity contribution in [3.8, 4) is 5.75 Å². The molecule has 1 aliphatic heterocycles. The highest BCUT2D eigenvalue weighted by atomic mass is 127. The number of rotatable bonds is 3. The van der Waals surface area contributed by atoms with Gasteiger partial charge in [-0.3, -0.25) is 0 Å². The molecule has 0 amide bonds. The van der Waals surface area contributed by atoms with Crippen LogP contribution in [0.5, 0.6) is 5.75 Å². The third kappa shape index (κ3) is 2.64. The Kier molecular flexibility index (Phi) is 3.86. The van der Waals surface area contributed by atoms with Crippen LogP contribution in [0, 0.1) is 3.57 Å². The number of hydrogen-bond donors (Lipinski definition) is 1. The molecule has 1 atom stereocenters. The van der Waals surface area contributed by atoms with E-state index in [2.05, 4.69) is 53.0 Å². The zero-order chi connectivity index (χ0) is 10.7. The molecule has 0 bridgehead atoms. The van der Waals surface area contributed by atoms with Gasteiger partial charge in [0, 0.05) is 21.6 Å². The lowest BCUT2D eigenvalue weighted by Crippen LogP contribution is -2.27. The molecule has 15 heavy (non-hydrogen) atoms. The monoisotopic (exact) mass is 317 g/mol. The predicted molar refractivity (Wildman–Crippen MR) is 70.3 cm³/mol. The van der Waals surface area contributed by atoms with Gasteiger partial charge in [-0.1, -0.05) is 6.92 Å². The minimum absolute atomic E-state index is 0.475. The van der Waals surface area contributed by atoms with E-state index < -0.39 is 0 Å². The number of benzene rings is 1. The van der Waals surface area contributed by atoms with Crippen LogP contribution in [-0.2, 0) is 0 Å². The summed E-state index contributed by atoms with van der Waals surface area (Å²) in [6.45, 7) is 4.10. The summed E-state index contributed by atoms with van der Waals surface area (Å²) in [7, 11) is 0. The summed E-state index contributed by atoms with van der Waals surface area (Å²) in [6.07, 6.45) is 2.25. The van der Waals surface area contributed by atoms with Crippen LogP contribution in [0.15, 0.2) is 18.2 Å². The molecular weight excluding hydrogens is 301 g/mol. The van der Waals surface area contributed by atoms with E-state index in [-0.39, 0.29) is 0 Å². The van der Waals surface area contributed by atoms with E-state index in [0.717, 1.165) is 25.3 Å². The van der Waals surface area contributed by atoms with Gasteiger partial charge < -0.3 is 10.1 Å². The van der Waals surface area contributed by atoms with Gasteiger partial charge in [0.15, 0.2) is 0 Å². The average Bonchev–Trinajstić information content (AvgIpc) is 2.26. The van der Waals surface area contributed by atoms with Crippen LogP contribution in [0.3, 0.4) is 0 Å². The predicted octanol–water partition coefficient (Wildman–Crippen LogP) is 3.11. The fourth-order valence-corrected chi connectivity index (χ4v) is 2.41. The average molecular weight is 317 g/mol. The highest BCUT2D eigenvalue weighted by Gasteiger charge is 2.20. The Morgan fingerprint density at radius 3 is 3.20 bits per heavy atom. The summed E-state index contributed by atoms with van der Waals surface area (Å²) >= 11 is 2.35. The molecule has 0 radical (unpaired) electrons. The Bertz CT molecular complexity index is 340. The quantitative estimate of drug-likeness (QED) is 0.865. The van der Waals surface area contributed by atoms with Crippen LogP contribution in [0.4, 0.5) is 0 Å². The Morgan fingerprint density at radius 2 is 2.40 bits per heavy atom. The molecule has 0 spiro atoms. The molecule has 0 fully saturated rings. The van der Waals surface area contributed by atoms with E-state index in [9.17, 15) is 0 Å². The normalized spacial score (nSPS) is 19.5. The van der Waals surface area contributed by atoms with Gasteiger partial charge in [-0.05, 0) is 53.8 Å². The maximum Gasteiger partial charge on any atom is 0.124 e. The molecule has 0 saturated heterocycles. The Labute approximate surface area is 105 Å². The Balaban J connectivity index is 2.20. The summed E-state index contributed by atoms with van der Waals surface area (Å²) in [5.74, 6) is 1.05. The zero-order valence-corrected chi connectivity index (χ0v) is 11.1. The molecule has 1 unspecified atom stereocenters. The molecule has 0 aromatic heterocycles. The van der Waals surface area contributed by atoms with E-state index in [1.54, 1.807) is 0 Å². The lowest BCUT2D eigenvalue weighted by molar-refractivity contribution is 0.253. The third-order valence-corrected chi connectivity index (χ3v) is 3.32. The van der Waals surface area contributed by atoms with Crippen LogP contribution >= 0.6 is 22.6 Å². The van der Waals surface area contributed by atoms with Gasteiger partial charge >= 0.3 is 0 Å². The number of fused-ring (bicyclic) bond motifs is 1. The summed E-state index contributed by atoms with van der Waals surface area (Å²) in [5, 5.41) is 3.57. The minimum Gasteiger partial charge on any atom is -0.493 e. The van der Waals surface area contributed by atoms with Gasteiger partial charge in [-0.25, -0.2) is 0 Å². The minimum atomic E-state index is 0.475. The zero-order valence-electron chi connectivity index (χ0n) is 8.92. The molecule has 1 N–H and O–H groups in total. The van der Waals surface area contributed by atoms with Crippen LogP contribution in [0.1, 0.15) is 31.4 Å². The molecule has 82 valence electrons. The van der Waals surface area contributed by atoms with Crippen LogP contribution in [-0.4, -0.2) is 13.2 Å². The highest BCUT2D eigenvalue weighted by Crippen LogP contribution is 2.32. The van der Waals surface area contributed by atoms with E-state index in [0.29, 0.717) is 6.04 Å². The SMILES string of the molecule is CCCNC1CCOc2ccc(I)cc21. The smallest absolute Gasteiger partial charge is 0.124 e. The molecule has 2 rings (SSSR count). The summed E-state index contributed by atoms with van der Waals surface area (Å²) < 4.78 is 6.92. The first-order chi connectivity index (χ1) is 7.31. The maximum absolute atomic E-state index is 5.65. The van der Waals surface area contributed by atoms with E-state index >= 15 is 0 Å². The molecule has 0 aliphatic carbocycles. The van der Waals surface area contributed by atoms with Gasteiger partial charge in [0.1, 0.15) is 5.75 Å². The van der Waals surface area contributed by atoms with E-state index in [1.165, 1.54) is 15.6 Å². The first kappa shape index (κ1) is 11.2. The fraction of sp³-hybridized carbons (Fsp3) is 0.500. The summed E-state index contributed by atoms with van der Waals surface area (Å²) in [4.78, 5) is 0. The first-order valence-electron chi connectivity index (χ1n) is 5.47. The van der Waals surface area contributed by atoms with Crippen molar-refractivity contribution < 1.29 is 4.74 Å². The van der Waals surface area contributed by atoms with Crippen molar-refractivity contribution in [1.82, 2.24) is 5.32 Å². The molecule has 1 aromatic carbocycles. The van der Waals surface area contributed by atoms with Crippen molar-refractivity contribution in [3.63, 3.8) is 0 Å². The number of hydrogen-bond acceptors (Lipinski definition) is 2. The van der Waals surface area contributed by atoms with Crippen molar-refractivity contribution in [3.05, 3.63) is 27.3 Å². The van der Waals surface area contributed by atoms with E-state index in [1.807, 2.05) is 0 Å². The molecule has 2 nitrogen and oxygen atoms in total. The second kappa shape index (κ2) is 5.16. The Morgan fingerprint density at radius 1 is 1.53 bits per heavy atom. The largest absolute Gasteiger partial charge is 0.493 e. The van der Waals surface area contributed by atoms with Crippen LogP contribution in [0.2, 0.25) is 0 Å². The molecular formula is C12H16INO. The van der Waals surface area contributed by atoms with Crippen molar-refractivity contribution in [1.29, 1.82) is 0 Å². The maximum atomic E-state index is 5.65. The van der Waals surface area contributed by atoms with Gasteiger partial charge in [0.05, 0.1) is 6.61 Å². The second-order valence-corrected chi connectivity index (χ2v) is 5.07. The lowest BCUT2D eigenvalue weighted by atomic mass is 10.0. The van der Waals surface area contributed by atoms with Crippen molar-refractivity contribution in [2.45, 2.75) is 25.8 Å². The van der Waals surface area contributed by atoms with Gasteiger partial charge in [0.2, 0.25) is 0 Å². The second-order valence-electron chi connectivity index (χ2n) is 3.83. The molecule has 1 aliphatic rings. The van der Waals surface area contributed by atoms with Crippen LogP contribution in [0.25, 0.3) is 0 Å². The van der Waals surface area contributed by atoms with Gasteiger partial charge in [-0.15, -0.1) is 0 Å². The third-order valence-electron chi connectivity index (χ3n) is 2.65. The molecule has 0 saturated carbocycles. The number of halogens is 1. The Hall–Kier alpha value is -0.290. The van der Waals surface area contributed by atoms with Crippen molar-refractivity contribution in [2.24, 2.45) is 0 Å². The lowest BCUT2D eigenvalue weighted by Gasteiger charge is -2.26. The molecule has 1 heterocycles. The summed E-state index contributed by atoms with van der Waals surface area (Å²) in [5.41, 5.74) is 1.32. The topological polar surface area (TPSA) is 21.3 Å². The molecule has 1 aromatic rings. The van der Waals surface area contributed by atoms with Crippen molar-refractivity contribution >= 4 is 22.6 Å². The van der Waals surface area contributed by atoms with Gasteiger partial charge in [0.25, 0.3) is 0 Å². The summed E-state index contributed by atoms with van der Waals surface area (Å²) in [6, 6.07) is 6.88.